The van der Waals surface area contributed by atoms with Gasteiger partial charge in [0.1, 0.15) is 17.3 Å². The molecule has 0 saturated heterocycles. The summed E-state index contributed by atoms with van der Waals surface area (Å²) in [7, 11) is 0. The first-order valence-corrected chi connectivity index (χ1v) is 6.54. The molecule has 1 heterocycles. The second kappa shape index (κ2) is 5.72. The molecule has 0 fully saturated rings. The monoisotopic (exact) mass is 290 g/mol. The minimum Gasteiger partial charge on any atom is -0.457 e. The number of carbonyl (C=O) groups excluding carboxylic acids is 1. The number of hydrogen-bond donors (Lipinski definition) is 1. The number of nitrogens with two attached hydrogens (primary N) is 1. The van der Waals surface area contributed by atoms with Crippen LogP contribution in [0.5, 0.6) is 0 Å². The van der Waals surface area contributed by atoms with Gasteiger partial charge >= 0.3 is 5.97 Å². The van der Waals surface area contributed by atoms with Crippen LogP contribution in [0, 0.1) is 24.1 Å². The Hall–Kier alpha value is -2.39. The third-order valence-electron chi connectivity index (χ3n) is 2.61. The number of nitrogen functional groups attached to an aromatic ring is 1. The SMILES string of the molecule is Cc1sc(C(=O)OCc2cc(F)cc(C#N)c2)cc1N. The summed E-state index contributed by atoms with van der Waals surface area (Å²) in [6.45, 7) is 1.71. The van der Waals surface area contributed by atoms with Crippen molar-refractivity contribution in [3.63, 3.8) is 0 Å². The van der Waals surface area contributed by atoms with Crippen LogP contribution in [0.3, 0.4) is 0 Å². The molecule has 20 heavy (non-hydrogen) atoms. The maximum absolute atomic E-state index is 13.2. The summed E-state index contributed by atoms with van der Waals surface area (Å²) in [5, 5.41) is 8.74. The summed E-state index contributed by atoms with van der Waals surface area (Å²) in [5.74, 6) is -1.05. The smallest absolute Gasteiger partial charge is 0.348 e. The average molecular weight is 290 g/mol. The lowest BCUT2D eigenvalue weighted by molar-refractivity contribution is 0.0478. The van der Waals surface area contributed by atoms with E-state index in [1.165, 1.54) is 23.5 Å². The quantitative estimate of drug-likeness (QED) is 0.882. The molecule has 0 spiro atoms. The van der Waals surface area contributed by atoms with Crippen molar-refractivity contribution in [1.82, 2.24) is 0 Å². The van der Waals surface area contributed by atoms with Crippen LogP contribution >= 0.6 is 11.3 Å². The zero-order chi connectivity index (χ0) is 14.7. The Balaban J connectivity index is 2.07. The maximum atomic E-state index is 13.2. The second-order valence-electron chi connectivity index (χ2n) is 4.16. The molecule has 0 aliphatic carbocycles. The zero-order valence-electron chi connectivity index (χ0n) is 10.6. The second-order valence-corrected chi connectivity index (χ2v) is 5.41. The van der Waals surface area contributed by atoms with E-state index in [1.54, 1.807) is 6.07 Å². The number of thiophene rings is 1. The summed E-state index contributed by atoms with van der Waals surface area (Å²) >= 11 is 1.24. The van der Waals surface area contributed by atoms with Crippen molar-refractivity contribution in [2.75, 3.05) is 5.73 Å². The fourth-order valence-electron chi connectivity index (χ4n) is 1.62. The van der Waals surface area contributed by atoms with Crippen molar-refractivity contribution in [3.8, 4) is 6.07 Å². The molecule has 0 unspecified atom stereocenters. The van der Waals surface area contributed by atoms with E-state index in [0.717, 1.165) is 10.9 Å². The lowest BCUT2D eigenvalue weighted by Crippen LogP contribution is -2.03. The predicted molar refractivity (Wildman–Crippen MR) is 73.7 cm³/mol. The molecule has 0 atom stereocenters. The van der Waals surface area contributed by atoms with Gasteiger partial charge in [-0.15, -0.1) is 11.3 Å². The van der Waals surface area contributed by atoms with Gasteiger partial charge in [-0.2, -0.15) is 5.26 Å². The van der Waals surface area contributed by atoms with Crippen molar-refractivity contribution in [1.29, 1.82) is 5.26 Å². The number of benzene rings is 1. The maximum Gasteiger partial charge on any atom is 0.348 e. The van der Waals surface area contributed by atoms with Crippen molar-refractivity contribution in [2.24, 2.45) is 0 Å². The van der Waals surface area contributed by atoms with Crippen LogP contribution in [-0.2, 0) is 11.3 Å². The van der Waals surface area contributed by atoms with Gasteiger partial charge in [0.05, 0.1) is 11.6 Å². The van der Waals surface area contributed by atoms with Gasteiger partial charge in [-0.3, -0.25) is 0 Å². The molecule has 0 bridgehead atoms. The zero-order valence-corrected chi connectivity index (χ0v) is 11.5. The summed E-state index contributed by atoms with van der Waals surface area (Å²) < 4.78 is 18.3. The van der Waals surface area contributed by atoms with Crippen LogP contribution in [0.2, 0.25) is 0 Å². The summed E-state index contributed by atoms with van der Waals surface area (Å²) in [6, 6.07) is 7.21. The van der Waals surface area contributed by atoms with E-state index in [0.29, 0.717) is 16.1 Å². The minimum absolute atomic E-state index is 0.0951. The fraction of sp³-hybridized carbons (Fsp3) is 0.143. The number of rotatable bonds is 3. The molecular formula is C14H11FN2O2S. The van der Waals surface area contributed by atoms with Gasteiger partial charge in [0, 0.05) is 10.6 Å². The van der Waals surface area contributed by atoms with Gasteiger partial charge in [0.2, 0.25) is 0 Å². The van der Waals surface area contributed by atoms with Crippen LogP contribution in [-0.4, -0.2) is 5.97 Å². The third-order valence-corrected chi connectivity index (χ3v) is 3.66. The van der Waals surface area contributed by atoms with Gasteiger partial charge in [-0.05, 0) is 36.8 Å². The molecule has 4 nitrogen and oxygen atoms in total. The highest BCUT2D eigenvalue weighted by molar-refractivity contribution is 7.14. The molecule has 2 rings (SSSR count). The standard InChI is InChI=1S/C14H11FN2O2S/c1-8-12(17)5-13(20-8)14(18)19-7-10-2-9(6-16)3-11(15)4-10/h2-5H,7,17H2,1H3. The van der Waals surface area contributed by atoms with Crippen molar-refractivity contribution >= 4 is 23.0 Å². The fourth-order valence-corrected chi connectivity index (χ4v) is 2.45. The summed E-state index contributed by atoms with van der Waals surface area (Å²) in [6.07, 6.45) is 0. The largest absolute Gasteiger partial charge is 0.457 e. The van der Waals surface area contributed by atoms with E-state index >= 15 is 0 Å². The predicted octanol–water partition coefficient (Wildman–Crippen LogP) is 3.01. The Labute approximate surface area is 119 Å². The Bertz CT molecular complexity index is 684. The highest BCUT2D eigenvalue weighted by atomic mass is 32.1. The Kier molecular flexibility index (Phi) is 4.01. The molecule has 0 saturated carbocycles. The lowest BCUT2D eigenvalue weighted by atomic mass is 10.1. The van der Waals surface area contributed by atoms with E-state index in [-0.39, 0.29) is 12.2 Å². The number of halogens is 1. The highest BCUT2D eigenvalue weighted by Crippen LogP contribution is 2.24. The number of nitrogens with zero attached hydrogens (tertiary/aromatic N) is 1. The number of hydrogen-bond acceptors (Lipinski definition) is 5. The van der Waals surface area contributed by atoms with Crippen LogP contribution in [0.4, 0.5) is 10.1 Å². The molecule has 0 aliphatic rings. The summed E-state index contributed by atoms with van der Waals surface area (Å²) in [4.78, 5) is 13.0. The Morgan fingerprint density at radius 1 is 1.45 bits per heavy atom. The van der Waals surface area contributed by atoms with Gasteiger partial charge in [0.25, 0.3) is 0 Å². The number of ether oxygens (including phenoxy) is 1. The topological polar surface area (TPSA) is 76.1 Å². The van der Waals surface area contributed by atoms with Gasteiger partial charge in [-0.1, -0.05) is 0 Å². The molecule has 0 amide bonds. The molecule has 2 N–H and O–H groups in total. The highest BCUT2D eigenvalue weighted by Gasteiger charge is 2.13. The van der Waals surface area contributed by atoms with Gasteiger partial charge < -0.3 is 10.5 Å². The van der Waals surface area contributed by atoms with Crippen molar-refractivity contribution in [2.45, 2.75) is 13.5 Å². The molecule has 2 aromatic rings. The van der Waals surface area contributed by atoms with Crippen LogP contribution in [0.1, 0.15) is 25.7 Å². The molecule has 102 valence electrons. The normalized spacial score (nSPS) is 10.1. The molecule has 1 aromatic carbocycles. The van der Waals surface area contributed by atoms with E-state index < -0.39 is 11.8 Å². The first kappa shape index (κ1) is 14.0. The van der Waals surface area contributed by atoms with E-state index in [2.05, 4.69) is 0 Å². The number of esters is 1. The average Bonchev–Trinajstić information content (AvgIpc) is 2.75. The molecule has 6 heteroatoms. The van der Waals surface area contributed by atoms with Gasteiger partial charge in [0.15, 0.2) is 0 Å². The van der Waals surface area contributed by atoms with Crippen LogP contribution in [0.25, 0.3) is 0 Å². The van der Waals surface area contributed by atoms with Gasteiger partial charge in [-0.25, -0.2) is 9.18 Å². The van der Waals surface area contributed by atoms with Crippen LogP contribution < -0.4 is 5.73 Å². The minimum atomic E-state index is -0.536. The number of anilines is 1. The number of carbonyl (C=O) groups is 1. The van der Waals surface area contributed by atoms with E-state index in [4.69, 9.17) is 15.7 Å². The van der Waals surface area contributed by atoms with Crippen molar-refractivity contribution in [3.05, 3.63) is 51.0 Å². The third kappa shape index (κ3) is 3.13. The van der Waals surface area contributed by atoms with Crippen molar-refractivity contribution < 1.29 is 13.9 Å². The Morgan fingerprint density at radius 2 is 2.20 bits per heavy atom. The first-order chi connectivity index (χ1) is 9.49. The molecular weight excluding hydrogens is 279 g/mol. The summed E-state index contributed by atoms with van der Waals surface area (Å²) in [5.41, 5.74) is 6.82. The number of nitriles is 1. The Morgan fingerprint density at radius 3 is 2.80 bits per heavy atom. The molecule has 0 radical (unpaired) electrons. The molecule has 1 aromatic heterocycles. The lowest BCUT2D eigenvalue weighted by Gasteiger charge is -2.04. The van der Waals surface area contributed by atoms with E-state index in [9.17, 15) is 9.18 Å². The first-order valence-electron chi connectivity index (χ1n) is 5.72. The molecule has 0 aliphatic heterocycles. The van der Waals surface area contributed by atoms with Crippen LogP contribution in [0.15, 0.2) is 24.3 Å². The number of aryl methyl sites for hydroxylation is 1. The van der Waals surface area contributed by atoms with E-state index in [1.807, 2.05) is 13.0 Å².